The molecule has 0 aromatic carbocycles. The molecule has 1 N–H and O–H groups in total. The second-order valence-electron chi connectivity index (χ2n) is 4.15. The lowest BCUT2D eigenvalue weighted by atomic mass is 9.85. The van der Waals surface area contributed by atoms with Crippen LogP contribution < -0.4 is 5.32 Å². The van der Waals surface area contributed by atoms with Gasteiger partial charge in [-0.3, -0.25) is 0 Å². The van der Waals surface area contributed by atoms with E-state index in [0.29, 0.717) is 29.2 Å². The summed E-state index contributed by atoms with van der Waals surface area (Å²) in [5.74, 6) is 0.526. The molecular formula is C11H15ClFN3. The van der Waals surface area contributed by atoms with Crippen LogP contribution in [0.2, 0.25) is 0 Å². The number of nitrogens with zero attached hydrogens (tertiary/aromatic N) is 2. The summed E-state index contributed by atoms with van der Waals surface area (Å²) in [6.45, 7) is 2.61. The highest BCUT2D eigenvalue weighted by molar-refractivity contribution is 6.21. The van der Waals surface area contributed by atoms with Crippen LogP contribution in [0.5, 0.6) is 0 Å². The van der Waals surface area contributed by atoms with Crippen LogP contribution >= 0.6 is 11.6 Å². The number of rotatable bonds is 4. The van der Waals surface area contributed by atoms with Crippen molar-refractivity contribution in [1.29, 1.82) is 0 Å². The maximum atomic E-state index is 13.7. The first-order chi connectivity index (χ1) is 7.70. The molecule has 3 nitrogen and oxygen atoms in total. The average molecular weight is 244 g/mol. The van der Waals surface area contributed by atoms with Crippen LogP contribution in [0.25, 0.3) is 0 Å². The number of alkyl halides is 1. The van der Waals surface area contributed by atoms with Crippen LogP contribution in [0.4, 0.5) is 10.2 Å². The number of anilines is 1. The van der Waals surface area contributed by atoms with E-state index in [9.17, 15) is 4.39 Å². The van der Waals surface area contributed by atoms with Crippen LogP contribution in [0, 0.1) is 11.7 Å². The Hall–Kier alpha value is -0.900. The molecule has 0 amide bonds. The van der Waals surface area contributed by atoms with E-state index < -0.39 is 0 Å². The standard InChI is InChI=1S/C11H15ClFN3/c1-2-9-10(13)11(16-6-15-9)14-5-7-3-8(12)4-7/h6-8H,2-5H2,1H3,(H,14,15,16). The van der Waals surface area contributed by atoms with Crippen molar-refractivity contribution in [1.82, 2.24) is 9.97 Å². The summed E-state index contributed by atoms with van der Waals surface area (Å²) in [6.07, 6.45) is 3.98. The molecule has 88 valence electrons. The molecule has 16 heavy (non-hydrogen) atoms. The number of nitrogens with one attached hydrogen (secondary N) is 1. The Kier molecular flexibility index (Phi) is 3.59. The summed E-state index contributed by atoms with van der Waals surface area (Å²) in [6, 6.07) is 0. The number of halogens is 2. The smallest absolute Gasteiger partial charge is 0.186 e. The molecule has 1 aromatic rings. The van der Waals surface area contributed by atoms with Crippen molar-refractivity contribution in [3.8, 4) is 0 Å². The fourth-order valence-electron chi connectivity index (χ4n) is 1.84. The van der Waals surface area contributed by atoms with E-state index >= 15 is 0 Å². The Morgan fingerprint density at radius 2 is 2.25 bits per heavy atom. The summed E-state index contributed by atoms with van der Waals surface area (Å²) in [5.41, 5.74) is 0.460. The number of aryl methyl sites for hydroxylation is 1. The average Bonchev–Trinajstić information content (AvgIpc) is 2.24. The van der Waals surface area contributed by atoms with Crippen LogP contribution in [0.15, 0.2) is 6.33 Å². The van der Waals surface area contributed by atoms with Gasteiger partial charge in [-0.1, -0.05) is 6.92 Å². The third-order valence-electron chi connectivity index (χ3n) is 2.93. The van der Waals surface area contributed by atoms with Crippen LogP contribution in [0.1, 0.15) is 25.5 Å². The molecule has 0 spiro atoms. The monoisotopic (exact) mass is 243 g/mol. The topological polar surface area (TPSA) is 37.8 Å². The van der Waals surface area contributed by atoms with E-state index in [4.69, 9.17) is 11.6 Å². The van der Waals surface area contributed by atoms with E-state index in [-0.39, 0.29) is 5.82 Å². The van der Waals surface area contributed by atoms with Crippen molar-refractivity contribution in [3.63, 3.8) is 0 Å². The summed E-state index contributed by atoms with van der Waals surface area (Å²) < 4.78 is 13.7. The molecule has 0 unspecified atom stereocenters. The van der Waals surface area contributed by atoms with Gasteiger partial charge in [0, 0.05) is 11.9 Å². The molecule has 1 heterocycles. The van der Waals surface area contributed by atoms with Crippen molar-refractivity contribution in [2.75, 3.05) is 11.9 Å². The SMILES string of the molecule is CCc1ncnc(NCC2CC(Cl)C2)c1F. The molecule has 2 rings (SSSR count). The van der Waals surface area contributed by atoms with Gasteiger partial charge in [0.1, 0.15) is 6.33 Å². The van der Waals surface area contributed by atoms with Crippen LogP contribution in [0.3, 0.4) is 0 Å². The van der Waals surface area contributed by atoms with Gasteiger partial charge >= 0.3 is 0 Å². The van der Waals surface area contributed by atoms with Gasteiger partial charge in [0.05, 0.1) is 5.69 Å². The summed E-state index contributed by atoms with van der Waals surface area (Å²) in [7, 11) is 0. The van der Waals surface area contributed by atoms with E-state index in [0.717, 1.165) is 19.4 Å². The van der Waals surface area contributed by atoms with E-state index in [1.807, 2.05) is 6.92 Å². The Morgan fingerprint density at radius 1 is 1.50 bits per heavy atom. The zero-order valence-corrected chi connectivity index (χ0v) is 9.97. The lowest BCUT2D eigenvalue weighted by molar-refractivity contribution is 0.340. The van der Waals surface area contributed by atoms with Gasteiger partial charge in [0.25, 0.3) is 0 Å². The van der Waals surface area contributed by atoms with Crippen LogP contribution in [-0.4, -0.2) is 21.9 Å². The summed E-state index contributed by atoms with van der Waals surface area (Å²) >= 11 is 5.88. The molecular weight excluding hydrogens is 229 g/mol. The first-order valence-corrected chi connectivity index (χ1v) is 6.01. The number of aromatic nitrogens is 2. The molecule has 0 bridgehead atoms. The van der Waals surface area contributed by atoms with Crippen molar-refractivity contribution >= 4 is 17.4 Å². The minimum absolute atomic E-state index is 0.299. The molecule has 1 fully saturated rings. The molecule has 1 aliphatic rings. The number of hydrogen-bond donors (Lipinski definition) is 1. The third kappa shape index (κ3) is 2.43. The van der Waals surface area contributed by atoms with E-state index in [1.54, 1.807) is 0 Å². The molecule has 1 aromatic heterocycles. The van der Waals surface area contributed by atoms with Crippen molar-refractivity contribution in [3.05, 3.63) is 17.8 Å². The molecule has 1 saturated carbocycles. The highest BCUT2D eigenvalue weighted by Crippen LogP contribution is 2.31. The van der Waals surface area contributed by atoms with Gasteiger partial charge in [0.15, 0.2) is 11.6 Å². The first-order valence-electron chi connectivity index (χ1n) is 5.58. The largest absolute Gasteiger partial charge is 0.367 e. The van der Waals surface area contributed by atoms with Gasteiger partial charge in [-0.25, -0.2) is 14.4 Å². The van der Waals surface area contributed by atoms with E-state index in [2.05, 4.69) is 15.3 Å². The minimum Gasteiger partial charge on any atom is -0.367 e. The fourth-order valence-corrected chi connectivity index (χ4v) is 2.34. The van der Waals surface area contributed by atoms with Gasteiger partial charge in [-0.15, -0.1) is 11.6 Å². The van der Waals surface area contributed by atoms with Gasteiger partial charge < -0.3 is 5.32 Å². The molecule has 0 aliphatic heterocycles. The Balaban J connectivity index is 1.93. The molecule has 0 atom stereocenters. The molecule has 1 aliphatic carbocycles. The molecule has 5 heteroatoms. The Bertz CT molecular complexity index is 366. The Labute approximate surface area is 99.4 Å². The molecule has 0 radical (unpaired) electrons. The van der Waals surface area contributed by atoms with Gasteiger partial charge in [0.2, 0.25) is 0 Å². The zero-order valence-electron chi connectivity index (χ0n) is 9.21. The van der Waals surface area contributed by atoms with Gasteiger partial charge in [-0.2, -0.15) is 0 Å². The third-order valence-corrected chi connectivity index (χ3v) is 3.29. The van der Waals surface area contributed by atoms with Gasteiger partial charge in [-0.05, 0) is 25.2 Å². The summed E-state index contributed by atoms with van der Waals surface area (Å²) in [5, 5.41) is 3.32. The zero-order chi connectivity index (χ0) is 11.5. The predicted octanol–water partition coefficient (Wildman–Crippen LogP) is 2.61. The normalized spacial score (nSPS) is 23.9. The van der Waals surface area contributed by atoms with Crippen molar-refractivity contribution in [2.24, 2.45) is 5.92 Å². The minimum atomic E-state index is -0.327. The quantitative estimate of drug-likeness (QED) is 0.826. The van der Waals surface area contributed by atoms with Crippen LogP contribution in [-0.2, 0) is 6.42 Å². The maximum absolute atomic E-state index is 13.7. The lowest BCUT2D eigenvalue weighted by Crippen LogP contribution is -2.30. The second kappa shape index (κ2) is 4.95. The number of hydrogen-bond acceptors (Lipinski definition) is 3. The van der Waals surface area contributed by atoms with Crippen molar-refractivity contribution in [2.45, 2.75) is 31.6 Å². The highest BCUT2D eigenvalue weighted by Gasteiger charge is 2.27. The lowest BCUT2D eigenvalue weighted by Gasteiger charge is -2.31. The Morgan fingerprint density at radius 3 is 2.88 bits per heavy atom. The maximum Gasteiger partial charge on any atom is 0.186 e. The highest BCUT2D eigenvalue weighted by atomic mass is 35.5. The second-order valence-corrected chi connectivity index (χ2v) is 4.77. The first kappa shape index (κ1) is 11.6. The molecule has 0 saturated heterocycles. The fraction of sp³-hybridized carbons (Fsp3) is 0.636. The van der Waals surface area contributed by atoms with Crippen molar-refractivity contribution < 1.29 is 4.39 Å². The van der Waals surface area contributed by atoms with E-state index in [1.165, 1.54) is 6.33 Å². The summed E-state index contributed by atoms with van der Waals surface area (Å²) in [4.78, 5) is 7.79. The predicted molar refractivity (Wildman–Crippen MR) is 62.2 cm³/mol.